The van der Waals surface area contributed by atoms with Crippen molar-refractivity contribution in [2.75, 3.05) is 6.26 Å². The summed E-state index contributed by atoms with van der Waals surface area (Å²) in [5.74, 6) is -0.270. The number of hydrogen-bond acceptors (Lipinski definition) is 5. The van der Waals surface area contributed by atoms with Crippen LogP contribution in [0.25, 0.3) is 10.2 Å². The van der Waals surface area contributed by atoms with Crippen LogP contribution in [0.2, 0.25) is 0 Å². The Bertz CT molecular complexity index is 1210. The summed E-state index contributed by atoms with van der Waals surface area (Å²) in [5, 5.41) is 5.21. The van der Waals surface area contributed by atoms with Gasteiger partial charge in [0.15, 0.2) is 4.80 Å². The van der Waals surface area contributed by atoms with Gasteiger partial charge in [-0.2, -0.15) is 4.99 Å². The van der Waals surface area contributed by atoms with Crippen LogP contribution in [-0.4, -0.2) is 25.1 Å². The van der Waals surface area contributed by atoms with Gasteiger partial charge in [-0.05, 0) is 42.2 Å². The molecule has 0 saturated carbocycles. The van der Waals surface area contributed by atoms with Gasteiger partial charge in [0.2, 0.25) is 10.0 Å². The van der Waals surface area contributed by atoms with E-state index in [1.165, 1.54) is 23.5 Å². The molecule has 3 rings (SSSR count). The minimum atomic E-state index is -3.80. The molecule has 9 heteroatoms. The van der Waals surface area contributed by atoms with E-state index in [0.29, 0.717) is 16.0 Å². The molecule has 0 fully saturated rings. The normalized spacial score (nSPS) is 12.4. The Morgan fingerprint density at radius 2 is 2.00 bits per heavy atom. The van der Waals surface area contributed by atoms with Gasteiger partial charge in [0.25, 0.3) is 5.91 Å². The van der Waals surface area contributed by atoms with Gasteiger partial charge in [0, 0.05) is 11.4 Å². The molecule has 6 nitrogen and oxygen atoms in total. The molecule has 1 heterocycles. The number of carbonyl (C=O) groups excluding carboxylic acids is 1. The molecule has 0 radical (unpaired) electrons. The van der Waals surface area contributed by atoms with Crippen LogP contribution >= 0.6 is 23.1 Å². The summed E-state index contributed by atoms with van der Waals surface area (Å²) in [6.07, 6.45) is 3.89. The molecule has 2 N–H and O–H groups in total. The van der Waals surface area contributed by atoms with E-state index < -0.39 is 10.0 Å². The molecule has 1 aromatic heterocycles. The van der Waals surface area contributed by atoms with Crippen molar-refractivity contribution in [2.45, 2.75) is 22.8 Å². The number of thiazole rings is 1. The molecule has 1 amide bonds. The number of aromatic nitrogens is 1. The monoisotopic (exact) mass is 433 g/mol. The average molecular weight is 434 g/mol. The molecule has 28 heavy (non-hydrogen) atoms. The summed E-state index contributed by atoms with van der Waals surface area (Å²) < 4.78 is 25.7. The summed E-state index contributed by atoms with van der Waals surface area (Å²) in [5.41, 5.74) is 1.66. The van der Waals surface area contributed by atoms with Crippen LogP contribution < -0.4 is 9.94 Å². The lowest BCUT2D eigenvalue weighted by Crippen LogP contribution is -2.17. The Morgan fingerprint density at radius 3 is 2.61 bits per heavy atom. The van der Waals surface area contributed by atoms with E-state index in [1.807, 2.05) is 35.1 Å². The molecule has 3 aromatic rings. The van der Waals surface area contributed by atoms with E-state index in [2.05, 4.69) is 11.6 Å². The summed E-state index contributed by atoms with van der Waals surface area (Å²) >= 11 is 2.88. The average Bonchev–Trinajstić information content (AvgIpc) is 2.98. The first-order valence-corrected chi connectivity index (χ1v) is 11.9. The smallest absolute Gasteiger partial charge is 0.252 e. The number of rotatable bonds is 6. The maximum Gasteiger partial charge on any atom is 0.252 e. The van der Waals surface area contributed by atoms with E-state index in [0.717, 1.165) is 16.0 Å². The van der Waals surface area contributed by atoms with E-state index >= 15 is 0 Å². The minimum Gasteiger partial charge on any atom is -0.313 e. The molecule has 146 valence electrons. The van der Waals surface area contributed by atoms with E-state index in [4.69, 9.17) is 5.14 Å². The van der Waals surface area contributed by atoms with Crippen molar-refractivity contribution in [3.63, 3.8) is 0 Å². The third-order valence-electron chi connectivity index (χ3n) is 4.03. The zero-order chi connectivity index (χ0) is 20.3. The van der Waals surface area contributed by atoms with Gasteiger partial charge >= 0.3 is 0 Å². The number of primary sulfonamides is 1. The molecule has 0 aliphatic rings. The topological polar surface area (TPSA) is 94.5 Å². The lowest BCUT2D eigenvalue weighted by Gasteiger charge is -2.02. The van der Waals surface area contributed by atoms with Crippen molar-refractivity contribution in [2.24, 2.45) is 10.1 Å². The van der Waals surface area contributed by atoms with Gasteiger partial charge in [0.05, 0.1) is 21.5 Å². The molecule has 0 bridgehead atoms. The molecule has 0 aliphatic carbocycles. The molecule has 0 aliphatic heterocycles. The zero-order valence-electron chi connectivity index (χ0n) is 15.2. The second kappa shape index (κ2) is 8.44. The van der Waals surface area contributed by atoms with Crippen LogP contribution in [0.15, 0.2) is 69.9 Å². The van der Waals surface area contributed by atoms with Crippen LogP contribution in [0, 0.1) is 0 Å². The maximum atomic E-state index is 12.5. The number of fused-ring (bicyclic) bond motifs is 1. The van der Waals surface area contributed by atoms with Gasteiger partial charge in [-0.25, -0.2) is 13.6 Å². The van der Waals surface area contributed by atoms with Gasteiger partial charge in [-0.3, -0.25) is 4.79 Å². The standard InChI is InChI=1S/C19H19N3O3S3/c1-3-10-22-16-9-8-15(28(20,24)25)12-17(16)27-19(22)21-18(23)11-13-4-6-14(26-2)7-5-13/h3-9,12H,1,10-11H2,2H3,(H2,20,24,25). The third kappa shape index (κ3) is 4.61. The third-order valence-corrected chi connectivity index (χ3v) is 6.72. The quantitative estimate of drug-likeness (QED) is 0.478. The van der Waals surface area contributed by atoms with E-state index in [9.17, 15) is 13.2 Å². The zero-order valence-corrected chi connectivity index (χ0v) is 17.6. The molecule has 2 aromatic carbocycles. The largest absolute Gasteiger partial charge is 0.313 e. The highest BCUT2D eigenvalue weighted by atomic mass is 32.2. The van der Waals surface area contributed by atoms with Crippen LogP contribution in [0.4, 0.5) is 0 Å². The SMILES string of the molecule is C=CCn1c(=NC(=O)Cc2ccc(SC)cc2)sc2cc(S(N)(=O)=O)ccc21. The number of amides is 1. The number of allylic oxidation sites excluding steroid dienone is 1. The van der Waals surface area contributed by atoms with Crippen molar-refractivity contribution in [1.82, 2.24) is 4.57 Å². The van der Waals surface area contributed by atoms with Gasteiger partial charge in [-0.15, -0.1) is 18.3 Å². The van der Waals surface area contributed by atoms with Gasteiger partial charge < -0.3 is 4.57 Å². The first-order chi connectivity index (χ1) is 13.3. The Labute approximate surface area is 171 Å². The fourth-order valence-corrected chi connectivity index (χ4v) is 4.80. The number of sulfonamides is 1. The fraction of sp³-hybridized carbons (Fsp3) is 0.158. The molecule has 0 atom stereocenters. The van der Waals surface area contributed by atoms with Crippen LogP contribution in [-0.2, 0) is 27.8 Å². The summed E-state index contributed by atoms with van der Waals surface area (Å²) in [7, 11) is -3.80. The van der Waals surface area contributed by atoms with E-state index in [-0.39, 0.29) is 17.2 Å². The summed E-state index contributed by atoms with van der Waals surface area (Å²) in [6, 6.07) is 12.4. The van der Waals surface area contributed by atoms with Gasteiger partial charge in [-0.1, -0.05) is 29.5 Å². The molecular formula is C19H19N3O3S3. The highest BCUT2D eigenvalue weighted by Gasteiger charge is 2.13. The number of thioether (sulfide) groups is 1. The van der Waals surface area contributed by atoms with E-state index in [1.54, 1.807) is 23.9 Å². The number of nitrogens with zero attached hydrogens (tertiary/aromatic N) is 2. The second-order valence-corrected chi connectivity index (χ2v) is 9.44. The first kappa shape index (κ1) is 20.5. The van der Waals surface area contributed by atoms with Crippen molar-refractivity contribution >= 4 is 49.2 Å². The lowest BCUT2D eigenvalue weighted by molar-refractivity contribution is -0.117. The summed E-state index contributed by atoms with van der Waals surface area (Å²) in [6.45, 7) is 4.19. The molecular weight excluding hydrogens is 414 g/mol. The summed E-state index contributed by atoms with van der Waals surface area (Å²) in [4.78, 5) is 18.4. The van der Waals surface area contributed by atoms with Crippen LogP contribution in [0.3, 0.4) is 0 Å². The number of hydrogen-bond donors (Lipinski definition) is 1. The van der Waals surface area contributed by atoms with Crippen molar-refractivity contribution in [1.29, 1.82) is 0 Å². The second-order valence-electron chi connectivity index (χ2n) is 5.99. The Balaban J connectivity index is 2.00. The number of benzene rings is 2. The van der Waals surface area contributed by atoms with Crippen molar-refractivity contribution in [3.8, 4) is 0 Å². The Kier molecular flexibility index (Phi) is 6.19. The van der Waals surface area contributed by atoms with Crippen LogP contribution in [0.5, 0.6) is 0 Å². The number of nitrogens with two attached hydrogens (primary N) is 1. The predicted octanol–water partition coefficient (Wildman–Crippen LogP) is 2.93. The highest BCUT2D eigenvalue weighted by molar-refractivity contribution is 7.98. The maximum absolute atomic E-state index is 12.5. The van der Waals surface area contributed by atoms with Gasteiger partial charge in [0.1, 0.15) is 0 Å². The highest BCUT2D eigenvalue weighted by Crippen LogP contribution is 2.21. The lowest BCUT2D eigenvalue weighted by atomic mass is 10.1. The predicted molar refractivity (Wildman–Crippen MR) is 114 cm³/mol. The Morgan fingerprint density at radius 1 is 1.29 bits per heavy atom. The molecule has 0 saturated heterocycles. The van der Waals surface area contributed by atoms with Crippen molar-refractivity contribution < 1.29 is 13.2 Å². The van der Waals surface area contributed by atoms with Crippen molar-refractivity contribution in [3.05, 3.63) is 65.5 Å². The first-order valence-electron chi connectivity index (χ1n) is 8.29. The molecule has 0 unspecified atom stereocenters. The number of carbonyl (C=O) groups is 1. The fourth-order valence-electron chi connectivity index (χ4n) is 2.69. The van der Waals surface area contributed by atoms with Crippen LogP contribution in [0.1, 0.15) is 5.56 Å². The Hall–Kier alpha value is -2.20. The molecule has 0 spiro atoms. The minimum absolute atomic E-state index is 0.0266.